The van der Waals surface area contributed by atoms with Crippen LogP contribution in [0.25, 0.3) is 0 Å². The van der Waals surface area contributed by atoms with E-state index < -0.39 is 0 Å². The predicted molar refractivity (Wildman–Crippen MR) is 91.0 cm³/mol. The minimum atomic E-state index is 0.882. The van der Waals surface area contributed by atoms with Crippen LogP contribution in [0.3, 0.4) is 0 Å². The molecule has 0 bridgehead atoms. The highest BCUT2D eigenvalue weighted by Gasteiger charge is 2.11. The van der Waals surface area contributed by atoms with Crippen LogP contribution in [0.15, 0.2) is 48.5 Å². The van der Waals surface area contributed by atoms with Gasteiger partial charge in [-0.25, -0.2) is 0 Å². The molecule has 0 saturated carbocycles. The maximum Gasteiger partial charge on any atom is 0.0400 e. The lowest BCUT2D eigenvalue weighted by Crippen LogP contribution is -2.17. The van der Waals surface area contributed by atoms with E-state index in [0.717, 1.165) is 13.0 Å². The molecule has 0 aromatic heterocycles. The molecule has 0 atom stereocenters. The van der Waals surface area contributed by atoms with Crippen molar-refractivity contribution in [2.24, 2.45) is 0 Å². The first-order valence-electron chi connectivity index (χ1n) is 8.02. The summed E-state index contributed by atoms with van der Waals surface area (Å²) in [6, 6.07) is 17.7. The fourth-order valence-electron chi connectivity index (χ4n) is 2.91. The van der Waals surface area contributed by atoms with Crippen LogP contribution in [-0.2, 0) is 13.0 Å². The Morgan fingerprint density at radius 1 is 0.952 bits per heavy atom. The first-order chi connectivity index (χ1) is 10.3. The second-order valence-electron chi connectivity index (χ2n) is 5.77. The molecule has 1 heterocycles. The van der Waals surface area contributed by atoms with Crippen LogP contribution >= 0.6 is 0 Å². The maximum atomic E-state index is 3.51. The number of nitrogens with one attached hydrogen (secondary N) is 1. The van der Waals surface area contributed by atoms with E-state index in [9.17, 15) is 0 Å². The molecule has 2 aromatic rings. The van der Waals surface area contributed by atoms with Crippen LogP contribution in [0.5, 0.6) is 0 Å². The number of hydrogen-bond acceptors (Lipinski definition) is 2. The summed E-state index contributed by atoms with van der Waals surface area (Å²) in [4.78, 5) is 2.47. The quantitative estimate of drug-likeness (QED) is 0.869. The third-order valence-electron chi connectivity index (χ3n) is 4.24. The zero-order valence-electron chi connectivity index (χ0n) is 12.8. The van der Waals surface area contributed by atoms with Gasteiger partial charge in [0.25, 0.3) is 0 Å². The van der Waals surface area contributed by atoms with Crippen molar-refractivity contribution in [3.8, 4) is 0 Å². The summed E-state index contributed by atoms with van der Waals surface area (Å²) in [7, 11) is 0. The minimum absolute atomic E-state index is 0.882. The van der Waals surface area contributed by atoms with Gasteiger partial charge in [-0.1, -0.05) is 31.2 Å². The van der Waals surface area contributed by atoms with Crippen molar-refractivity contribution in [1.29, 1.82) is 0 Å². The third kappa shape index (κ3) is 3.57. The Labute approximate surface area is 127 Å². The van der Waals surface area contributed by atoms with E-state index in [-0.39, 0.29) is 0 Å². The summed E-state index contributed by atoms with van der Waals surface area (Å²) >= 11 is 0. The molecule has 1 fully saturated rings. The number of benzene rings is 2. The van der Waals surface area contributed by atoms with Gasteiger partial charge in [0.2, 0.25) is 0 Å². The largest absolute Gasteiger partial charge is 0.381 e. The predicted octanol–water partition coefficient (Wildman–Crippen LogP) is 4.46. The fraction of sp³-hybridized carbons (Fsp3) is 0.368. The summed E-state index contributed by atoms with van der Waals surface area (Å²) in [6.07, 6.45) is 3.74. The van der Waals surface area contributed by atoms with Crippen LogP contribution in [-0.4, -0.2) is 13.1 Å². The summed E-state index contributed by atoms with van der Waals surface area (Å²) in [5, 5.41) is 3.51. The van der Waals surface area contributed by atoms with Crippen molar-refractivity contribution in [2.45, 2.75) is 32.7 Å². The highest BCUT2D eigenvalue weighted by molar-refractivity contribution is 5.50. The molecule has 0 unspecified atom stereocenters. The van der Waals surface area contributed by atoms with E-state index in [0.29, 0.717) is 0 Å². The molecule has 2 aromatic carbocycles. The van der Waals surface area contributed by atoms with Crippen molar-refractivity contribution in [3.05, 3.63) is 59.7 Å². The van der Waals surface area contributed by atoms with Crippen LogP contribution in [0, 0.1) is 0 Å². The van der Waals surface area contributed by atoms with Crippen molar-refractivity contribution in [1.82, 2.24) is 0 Å². The second kappa shape index (κ2) is 6.66. The smallest absolute Gasteiger partial charge is 0.0400 e. The summed E-state index contributed by atoms with van der Waals surface area (Å²) in [5.41, 5.74) is 5.28. The van der Waals surface area contributed by atoms with E-state index in [1.54, 1.807) is 0 Å². The highest BCUT2D eigenvalue weighted by Crippen LogP contribution is 2.21. The average molecular weight is 280 g/mol. The van der Waals surface area contributed by atoms with Gasteiger partial charge in [-0.2, -0.15) is 0 Å². The molecule has 2 heteroatoms. The van der Waals surface area contributed by atoms with Gasteiger partial charge < -0.3 is 10.2 Å². The van der Waals surface area contributed by atoms with Crippen molar-refractivity contribution < 1.29 is 0 Å². The normalized spacial score (nSPS) is 14.4. The Hall–Kier alpha value is -1.96. The summed E-state index contributed by atoms with van der Waals surface area (Å²) in [6.45, 7) is 5.49. The summed E-state index contributed by atoms with van der Waals surface area (Å²) < 4.78 is 0. The van der Waals surface area contributed by atoms with E-state index in [1.165, 1.54) is 48.4 Å². The van der Waals surface area contributed by atoms with Crippen LogP contribution in [0.2, 0.25) is 0 Å². The molecule has 3 rings (SSSR count). The van der Waals surface area contributed by atoms with E-state index in [2.05, 4.69) is 65.7 Å². The zero-order valence-corrected chi connectivity index (χ0v) is 12.8. The Bertz CT molecular complexity index is 568. The van der Waals surface area contributed by atoms with Crippen molar-refractivity contribution in [2.75, 3.05) is 23.3 Å². The molecule has 21 heavy (non-hydrogen) atoms. The molecule has 0 aliphatic carbocycles. The Kier molecular flexibility index (Phi) is 4.44. The lowest BCUT2D eigenvalue weighted by Gasteiger charge is -2.18. The molecule has 0 amide bonds. The first kappa shape index (κ1) is 14.0. The third-order valence-corrected chi connectivity index (χ3v) is 4.24. The zero-order chi connectivity index (χ0) is 14.5. The van der Waals surface area contributed by atoms with Gasteiger partial charge in [-0.05, 0) is 54.7 Å². The second-order valence-corrected chi connectivity index (χ2v) is 5.77. The van der Waals surface area contributed by atoms with Gasteiger partial charge in [0, 0.05) is 31.0 Å². The van der Waals surface area contributed by atoms with E-state index >= 15 is 0 Å². The molecular formula is C19H24N2. The van der Waals surface area contributed by atoms with E-state index in [4.69, 9.17) is 0 Å². The van der Waals surface area contributed by atoms with Crippen LogP contribution in [0.1, 0.15) is 30.9 Å². The average Bonchev–Trinajstić information content (AvgIpc) is 3.08. The molecule has 2 nitrogen and oxygen atoms in total. The highest BCUT2D eigenvalue weighted by atomic mass is 15.1. The van der Waals surface area contributed by atoms with Gasteiger partial charge in [0.15, 0.2) is 0 Å². The lowest BCUT2D eigenvalue weighted by molar-refractivity contribution is 0.949. The Morgan fingerprint density at radius 3 is 2.43 bits per heavy atom. The molecule has 1 N–H and O–H groups in total. The Morgan fingerprint density at radius 2 is 1.71 bits per heavy atom. The minimum Gasteiger partial charge on any atom is -0.381 e. The first-order valence-corrected chi connectivity index (χ1v) is 8.02. The van der Waals surface area contributed by atoms with Gasteiger partial charge in [0.05, 0.1) is 0 Å². The van der Waals surface area contributed by atoms with Crippen molar-refractivity contribution >= 4 is 11.4 Å². The molecular weight excluding hydrogens is 256 g/mol. The van der Waals surface area contributed by atoms with Gasteiger partial charge in [-0.3, -0.25) is 0 Å². The number of rotatable bonds is 5. The summed E-state index contributed by atoms with van der Waals surface area (Å²) in [5.74, 6) is 0. The van der Waals surface area contributed by atoms with Gasteiger partial charge in [-0.15, -0.1) is 0 Å². The van der Waals surface area contributed by atoms with Crippen LogP contribution < -0.4 is 10.2 Å². The van der Waals surface area contributed by atoms with Gasteiger partial charge in [0.1, 0.15) is 0 Å². The molecule has 110 valence electrons. The number of aryl methyl sites for hydroxylation is 1. The standard InChI is InChI=1S/C19H24N2/c1-2-16-6-5-7-18(14-16)20-15-17-8-10-19(11-9-17)21-12-3-4-13-21/h5-11,14,20H,2-4,12-13,15H2,1H3. The molecule has 1 aliphatic heterocycles. The number of anilines is 2. The SMILES string of the molecule is CCc1cccc(NCc2ccc(N3CCCC3)cc2)c1. The number of nitrogens with zero attached hydrogens (tertiary/aromatic N) is 1. The molecule has 1 aliphatic rings. The van der Waals surface area contributed by atoms with Crippen LogP contribution in [0.4, 0.5) is 11.4 Å². The topological polar surface area (TPSA) is 15.3 Å². The Balaban J connectivity index is 1.59. The van der Waals surface area contributed by atoms with E-state index in [1.807, 2.05) is 0 Å². The molecule has 1 saturated heterocycles. The fourth-order valence-corrected chi connectivity index (χ4v) is 2.91. The van der Waals surface area contributed by atoms with Gasteiger partial charge >= 0.3 is 0 Å². The lowest BCUT2D eigenvalue weighted by atomic mass is 10.1. The molecule has 0 radical (unpaired) electrons. The maximum absolute atomic E-state index is 3.51. The number of hydrogen-bond donors (Lipinski definition) is 1. The van der Waals surface area contributed by atoms with Crippen molar-refractivity contribution in [3.63, 3.8) is 0 Å². The molecule has 0 spiro atoms. The monoisotopic (exact) mass is 280 g/mol.